The minimum absolute atomic E-state index is 0.773. The van der Waals surface area contributed by atoms with Gasteiger partial charge in [-0.25, -0.2) is 0 Å². The van der Waals surface area contributed by atoms with E-state index in [1.165, 1.54) is 12.8 Å². The number of benzene rings is 1. The Hall–Kier alpha value is -0.800. The summed E-state index contributed by atoms with van der Waals surface area (Å²) in [5, 5.41) is 4.89. The number of nitrogens with zero attached hydrogens (tertiary/aromatic N) is 1. The molecule has 1 heterocycles. The first-order valence-electron chi connectivity index (χ1n) is 6.39. The first kappa shape index (κ1) is 13.6. The molecule has 1 fully saturated rings. The first-order chi connectivity index (χ1) is 8.58. The predicted octanol–water partition coefficient (Wildman–Crippen LogP) is 4.08. The van der Waals surface area contributed by atoms with Gasteiger partial charge in [0.25, 0.3) is 0 Å². The predicted molar refractivity (Wildman–Crippen MR) is 82.4 cm³/mol. The second kappa shape index (κ2) is 5.89. The lowest BCUT2D eigenvalue weighted by Gasteiger charge is -2.32. The van der Waals surface area contributed by atoms with Crippen molar-refractivity contribution in [2.24, 2.45) is 5.92 Å². The van der Waals surface area contributed by atoms with Crippen LogP contribution < -0.4 is 5.32 Å². The van der Waals surface area contributed by atoms with Crippen molar-refractivity contribution in [2.45, 2.75) is 26.7 Å². The molecule has 0 saturated carbocycles. The number of nitrogens with one attached hydrogen (secondary N) is 1. The van der Waals surface area contributed by atoms with Crippen molar-refractivity contribution in [2.75, 3.05) is 18.4 Å². The number of rotatable bonds is 1. The largest absolute Gasteiger partial charge is 0.349 e. The van der Waals surface area contributed by atoms with Crippen LogP contribution in [-0.2, 0) is 0 Å². The van der Waals surface area contributed by atoms with Gasteiger partial charge in [0.05, 0.1) is 0 Å². The average molecular weight is 283 g/mol. The molecule has 0 aromatic heterocycles. The highest BCUT2D eigenvalue weighted by Gasteiger charge is 2.18. The number of halogens is 1. The van der Waals surface area contributed by atoms with Gasteiger partial charge in [0, 0.05) is 23.8 Å². The van der Waals surface area contributed by atoms with Gasteiger partial charge in [0.15, 0.2) is 5.11 Å². The molecule has 1 aromatic carbocycles. The van der Waals surface area contributed by atoms with Gasteiger partial charge in [-0.1, -0.05) is 24.6 Å². The SMILES string of the molecule is Cc1c(Cl)cccc1NC(=S)N1CCC(C)CC1. The summed E-state index contributed by atoms with van der Waals surface area (Å²) >= 11 is 11.6. The highest BCUT2D eigenvalue weighted by molar-refractivity contribution is 7.80. The third-order valence-electron chi connectivity index (χ3n) is 3.58. The Morgan fingerprint density at radius 1 is 1.39 bits per heavy atom. The third kappa shape index (κ3) is 3.15. The number of hydrogen-bond donors (Lipinski definition) is 1. The molecule has 0 amide bonds. The summed E-state index contributed by atoms with van der Waals surface area (Å²) in [7, 11) is 0. The van der Waals surface area contributed by atoms with Gasteiger partial charge < -0.3 is 10.2 Å². The van der Waals surface area contributed by atoms with Crippen LogP contribution in [0.2, 0.25) is 5.02 Å². The zero-order valence-corrected chi connectivity index (χ0v) is 12.4. The van der Waals surface area contributed by atoms with E-state index in [4.69, 9.17) is 23.8 Å². The molecule has 1 aromatic rings. The van der Waals surface area contributed by atoms with E-state index in [1.54, 1.807) is 0 Å². The number of likely N-dealkylation sites (tertiary alicyclic amines) is 1. The Balaban J connectivity index is 2.01. The fourth-order valence-corrected chi connectivity index (χ4v) is 2.62. The summed E-state index contributed by atoms with van der Waals surface area (Å²) < 4.78 is 0. The van der Waals surface area contributed by atoms with E-state index in [1.807, 2.05) is 25.1 Å². The molecule has 0 bridgehead atoms. The summed E-state index contributed by atoms with van der Waals surface area (Å²) in [6, 6.07) is 5.85. The molecule has 1 saturated heterocycles. The van der Waals surface area contributed by atoms with Crippen LogP contribution in [0.15, 0.2) is 18.2 Å². The molecular weight excluding hydrogens is 264 g/mol. The van der Waals surface area contributed by atoms with E-state index in [-0.39, 0.29) is 0 Å². The molecule has 0 unspecified atom stereocenters. The summed E-state index contributed by atoms with van der Waals surface area (Å²) in [5.41, 5.74) is 2.05. The number of anilines is 1. The second-order valence-corrected chi connectivity index (χ2v) is 5.81. The molecule has 2 rings (SSSR count). The Bertz CT molecular complexity index is 439. The molecule has 1 aliphatic rings. The van der Waals surface area contributed by atoms with Crippen LogP contribution in [0.4, 0.5) is 5.69 Å². The van der Waals surface area contributed by atoms with Crippen LogP contribution in [0.25, 0.3) is 0 Å². The van der Waals surface area contributed by atoms with Gasteiger partial charge in [0.2, 0.25) is 0 Å². The fraction of sp³-hybridized carbons (Fsp3) is 0.500. The molecule has 2 nitrogen and oxygen atoms in total. The second-order valence-electron chi connectivity index (χ2n) is 5.01. The third-order valence-corrected chi connectivity index (χ3v) is 4.35. The Morgan fingerprint density at radius 3 is 2.72 bits per heavy atom. The van der Waals surface area contributed by atoms with Crippen molar-refractivity contribution in [3.8, 4) is 0 Å². The van der Waals surface area contributed by atoms with Crippen molar-refractivity contribution in [3.63, 3.8) is 0 Å². The van der Waals surface area contributed by atoms with Crippen LogP contribution in [-0.4, -0.2) is 23.1 Å². The molecule has 0 spiro atoms. The summed E-state index contributed by atoms with van der Waals surface area (Å²) in [6.45, 7) is 6.40. The van der Waals surface area contributed by atoms with E-state index in [0.29, 0.717) is 0 Å². The average Bonchev–Trinajstić information content (AvgIpc) is 2.36. The topological polar surface area (TPSA) is 15.3 Å². The molecular formula is C14H19ClN2S. The standard InChI is InChI=1S/C14H19ClN2S/c1-10-6-8-17(9-7-10)14(18)16-13-5-3-4-12(15)11(13)2/h3-5,10H,6-9H2,1-2H3,(H,16,18). The maximum Gasteiger partial charge on any atom is 0.173 e. The zero-order valence-electron chi connectivity index (χ0n) is 10.9. The van der Waals surface area contributed by atoms with E-state index < -0.39 is 0 Å². The van der Waals surface area contributed by atoms with Crippen molar-refractivity contribution in [1.82, 2.24) is 4.90 Å². The van der Waals surface area contributed by atoms with Crippen LogP contribution in [0.1, 0.15) is 25.3 Å². The lowest BCUT2D eigenvalue weighted by molar-refractivity contribution is 0.283. The van der Waals surface area contributed by atoms with Gasteiger partial charge in [-0.05, 0) is 55.6 Å². The zero-order chi connectivity index (χ0) is 13.1. The van der Waals surface area contributed by atoms with Crippen LogP contribution in [0, 0.1) is 12.8 Å². The number of hydrogen-bond acceptors (Lipinski definition) is 1. The van der Waals surface area contributed by atoms with Gasteiger partial charge in [-0.2, -0.15) is 0 Å². The van der Waals surface area contributed by atoms with Crippen LogP contribution >= 0.6 is 23.8 Å². The minimum Gasteiger partial charge on any atom is -0.349 e. The van der Waals surface area contributed by atoms with Gasteiger partial charge >= 0.3 is 0 Å². The highest BCUT2D eigenvalue weighted by Crippen LogP contribution is 2.24. The molecule has 1 aliphatic heterocycles. The van der Waals surface area contributed by atoms with Crippen molar-refractivity contribution in [1.29, 1.82) is 0 Å². The summed E-state index contributed by atoms with van der Waals surface area (Å²) in [6.07, 6.45) is 2.44. The number of piperidine rings is 1. The number of thiocarbonyl (C=S) groups is 1. The van der Waals surface area contributed by atoms with E-state index in [2.05, 4.69) is 17.1 Å². The van der Waals surface area contributed by atoms with E-state index in [9.17, 15) is 0 Å². The molecule has 0 radical (unpaired) electrons. The van der Waals surface area contributed by atoms with E-state index in [0.717, 1.165) is 40.4 Å². The van der Waals surface area contributed by atoms with Crippen LogP contribution in [0.5, 0.6) is 0 Å². The van der Waals surface area contributed by atoms with Gasteiger partial charge in [-0.3, -0.25) is 0 Å². The lowest BCUT2D eigenvalue weighted by atomic mass is 10.00. The summed E-state index contributed by atoms with van der Waals surface area (Å²) in [5.74, 6) is 0.817. The smallest absolute Gasteiger partial charge is 0.173 e. The maximum absolute atomic E-state index is 6.11. The van der Waals surface area contributed by atoms with Gasteiger partial charge in [-0.15, -0.1) is 0 Å². The highest BCUT2D eigenvalue weighted by atomic mass is 35.5. The molecule has 1 N–H and O–H groups in total. The Kier molecular flexibility index (Phi) is 4.46. The van der Waals surface area contributed by atoms with E-state index >= 15 is 0 Å². The summed E-state index contributed by atoms with van der Waals surface area (Å²) in [4.78, 5) is 2.25. The quantitative estimate of drug-likeness (QED) is 0.782. The monoisotopic (exact) mass is 282 g/mol. The fourth-order valence-electron chi connectivity index (χ4n) is 2.15. The normalized spacial score (nSPS) is 16.7. The molecule has 0 atom stereocenters. The first-order valence-corrected chi connectivity index (χ1v) is 7.17. The molecule has 0 aliphatic carbocycles. The van der Waals surface area contributed by atoms with Gasteiger partial charge in [0.1, 0.15) is 0 Å². The van der Waals surface area contributed by atoms with Crippen LogP contribution in [0.3, 0.4) is 0 Å². The maximum atomic E-state index is 6.11. The Labute approximate surface area is 119 Å². The molecule has 18 heavy (non-hydrogen) atoms. The lowest BCUT2D eigenvalue weighted by Crippen LogP contribution is -2.40. The molecule has 98 valence electrons. The van der Waals surface area contributed by atoms with Crippen molar-refractivity contribution >= 4 is 34.6 Å². The molecule has 4 heteroatoms. The Morgan fingerprint density at radius 2 is 2.06 bits per heavy atom. The van der Waals surface area contributed by atoms with Crippen molar-refractivity contribution in [3.05, 3.63) is 28.8 Å². The van der Waals surface area contributed by atoms with Crippen molar-refractivity contribution < 1.29 is 0 Å². The minimum atomic E-state index is 0.773.